The standard InChI is InChI=1S/C5H13N3O/c1-4(2)5(9)7-8(3)6/h4H,6H2,1-3H3,(H,7,9). The predicted molar refractivity (Wildman–Crippen MR) is 34.9 cm³/mol. The Morgan fingerprint density at radius 3 is 2.22 bits per heavy atom. The summed E-state index contributed by atoms with van der Waals surface area (Å²) >= 11 is 0. The van der Waals surface area contributed by atoms with E-state index in [1.807, 2.05) is 0 Å². The van der Waals surface area contributed by atoms with Gasteiger partial charge >= 0.3 is 0 Å². The Balaban J connectivity index is 3.51. The molecule has 0 aromatic rings. The molecule has 0 fully saturated rings. The van der Waals surface area contributed by atoms with Crippen molar-refractivity contribution in [3.05, 3.63) is 0 Å². The van der Waals surface area contributed by atoms with E-state index in [9.17, 15) is 4.79 Å². The van der Waals surface area contributed by atoms with Crippen LogP contribution in [0.3, 0.4) is 0 Å². The van der Waals surface area contributed by atoms with Gasteiger partial charge in [0.1, 0.15) is 0 Å². The molecule has 3 N–H and O–H groups in total. The van der Waals surface area contributed by atoms with E-state index in [-0.39, 0.29) is 11.8 Å². The maximum absolute atomic E-state index is 10.7. The van der Waals surface area contributed by atoms with Crippen molar-refractivity contribution in [2.24, 2.45) is 11.8 Å². The van der Waals surface area contributed by atoms with Crippen molar-refractivity contribution >= 4 is 5.91 Å². The third kappa shape index (κ3) is 3.93. The van der Waals surface area contributed by atoms with E-state index in [1.54, 1.807) is 20.9 Å². The zero-order valence-corrected chi connectivity index (χ0v) is 6.01. The number of nitrogens with one attached hydrogen (secondary N) is 1. The lowest BCUT2D eigenvalue weighted by Crippen LogP contribution is -2.45. The molecule has 54 valence electrons. The van der Waals surface area contributed by atoms with Crippen molar-refractivity contribution in [2.75, 3.05) is 7.05 Å². The van der Waals surface area contributed by atoms with Crippen LogP contribution in [0.25, 0.3) is 0 Å². The van der Waals surface area contributed by atoms with Crippen LogP contribution in [-0.2, 0) is 4.79 Å². The normalized spacial score (nSPS) is 10.4. The van der Waals surface area contributed by atoms with E-state index in [0.717, 1.165) is 5.12 Å². The number of carbonyl (C=O) groups is 1. The Labute approximate surface area is 55.0 Å². The average molecular weight is 131 g/mol. The van der Waals surface area contributed by atoms with E-state index in [0.29, 0.717) is 0 Å². The number of hydrazine groups is 2. The van der Waals surface area contributed by atoms with Crippen LogP contribution < -0.4 is 11.3 Å². The zero-order valence-electron chi connectivity index (χ0n) is 6.01. The highest BCUT2D eigenvalue weighted by molar-refractivity contribution is 5.77. The molecule has 0 unspecified atom stereocenters. The first-order chi connectivity index (χ1) is 4.04. The lowest BCUT2D eigenvalue weighted by Gasteiger charge is -2.12. The van der Waals surface area contributed by atoms with Gasteiger partial charge < -0.3 is 0 Å². The fourth-order valence-corrected chi connectivity index (χ4v) is 0.303. The van der Waals surface area contributed by atoms with Crippen LogP contribution in [0.4, 0.5) is 0 Å². The molecule has 0 aliphatic heterocycles. The Kier molecular flexibility index (Phi) is 3.19. The van der Waals surface area contributed by atoms with Crippen LogP contribution in [0.2, 0.25) is 0 Å². The second kappa shape index (κ2) is 3.42. The Morgan fingerprint density at radius 2 is 2.11 bits per heavy atom. The Bertz CT molecular complexity index is 100. The van der Waals surface area contributed by atoms with Crippen LogP contribution in [0.5, 0.6) is 0 Å². The van der Waals surface area contributed by atoms with Gasteiger partial charge in [-0.15, -0.1) is 0 Å². The zero-order chi connectivity index (χ0) is 7.44. The maximum Gasteiger partial charge on any atom is 0.237 e. The van der Waals surface area contributed by atoms with E-state index in [2.05, 4.69) is 5.43 Å². The van der Waals surface area contributed by atoms with Gasteiger partial charge in [0.15, 0.2) is 0 Å². The number of carbonyl (C=O) groups excluding carboxylic acids is 1. The largest absolute Gasteiger partial charge is 0.276 e. The van der Waals surface area contributed by atoms with Crippen LogP contribution in [0, 0.1) is 5.92 Å². The summed E-state index contributed by atoms with van der Waals surface area (Å²) in [6.45, 7) is 3.61. The molecule has 0 saturated carbocycles. The molecule has 0 aliphatic carbocycles. The summed E-state index contributed by atoms with van der Waals surface area (Å²) in [6, 6.07) is 0. The minimum absolute atomic E-state index is 0.0176. The predicted octanol–water partition coefficient (Wildman–Crippen LogP) is -0.521. The Hall–Kier alpha value is -0.610. The van der Waals surface area contributed by atoms with Gasteiger partial charge in [0, 0.05) is 13.0 Å². The third-order valence-electron chi connectivity index (χ3n) is 0.811. The second-order valence-corrected chi connectivity index (χ2v) is 2.24. The van der Waals surface area contributed by atoms with Crippen molar-refractivity contribution in [3.8, 4) is 0 Å². The SMILES string of the molecule is CC(C)C(=O)NN(C)N. The minimum atomic E-state index is -0.0694. The van der Waals surface area contributed by atoms with Gasteiger partial charge in [-0.1, -0.05) is 13.8 Å². The molecule has 0 aliphatic rings. The monoisotopic (exact) mass is 131 g/mol. The molecule has 9 heavy (non-hydrogen) atoms. The van der Waals surface area contributed by atoms with Crippen LogP contribution >= 0.6 is 0 Å². The Morgan fingerprint density at radius 1 is 1.67 bits per heavy atom. The molecule has 4 heteroatoms. The highest BCUT2D eigenvalue weighted by Crippen LogP contribution is 1.88. The molecule has 0 atom stereocenters. The summed E-state index contributed by atoms with van der Waals surface area (Å²) in [6.07, 6.45) is 0. The molecule has 0 rings (SSSR count). The highest BCUT2D eigenvalue weighted by Gasteiger charge is 2.05. The minimum Gasteiger partial charge on any atom is -0.276 e. The van der Waals surface area contributed by atoms with Crippen LogP contribution in [0.1, 0.15) is 13.8 Å². The fraction of sp³-hybridized carbons (Fsp3) is 0.800. The smallest absolute Gasteiger partial charge is 0.237 e. The summed E-state index contributed by atoms with van der Waals surface area (Å²) in [5.74, 6) is 5.05. The lowest BCUT2D eigenvalue weighted by molar-refractivity contribution is -0.128. The third-order valence-corrected chi connectivity index (χ3v) is 0.811. The van der Waals surface area contributed by atoms with E-state index < -0.39 is 0 Å². The van der Waals surface area contributed by atoms with Gasteiger partial charge in [-0.25, -0.2) is 0 Å². The first-order valence-electron chi connectivity index (χ1n) is 2.83. The van der Waals surface area contributed by atoms with Gasteiger partial charge in [-0.3, -0.25) is 16.1 Å². The molecule has 0 spiro atoms. The van der Waals surface area contributed by atoms with Crippen LogP contribution in [0.15, 0.2) is 0 Å². The van der Waals surface area contributed by atoms with Crippen LogP contribution in [-0.4, -0.2) is 18.1 Å². The number of nitrogens with two attached hydrogens (primary N) is 1. The molecule has 0 radical (unpaired) electrons. The van der Waals surface area contributed by atoms with Crippen molar-refractivity contribution in [2.45, 2.75) is 13.8 Å². The topological polar surface area (TPSA) is 58.4 Å². The quantitative estimate of drug-likeness (QED) is 0.391. The summed E-state index contributed by atoms with van der Waals surface area (Å²) in [5, 5.41) is 1.14. The highest BCUT2D eigenvalue weighted by atomic mass is 16.2. The molecule has 0 saturated heterocycles. The molecule has 1 amide bonds. The fourth-order valence-electron chi connectivity index (χ4n) is 0.303. The van der Waals surface area contributed by atoms with E-state index in [4.69, 9.17) is 5.84 Å². The molecule has 0 heterocycles. The van der Waals surface area contributed by atoms with Gasteiger partial charge in [0.25, 0.3) is 0 Å². The second-order valence-electron chi connectivity index (χ2n) is 2.24. The summed E-state index contributed by atoms with van der Waals surface area (Å²) in [4.78, 5) is 10.7. The number of nitrogens with zero attached hydrogens (tertiary/aromatic N) is 1. The van der Waals surface area contributed by atoms with E-state index >= 15 is 0 Å². The molecule has 0 aromatic heterocycles. The summed E-state index contributed by atoms with van der Waals surface area (Å²) < 4.78 is 0. The summed E-state index contributed by atoms with van der Waals surface area (Å²) in [5.41, 5.74) is 2.41. The number of hydrogen-bond donors (Lipinski definition) is 2. The maximum atomic E-state index is 10.7. The lowest BCUT2D eigenvalue weighted by atomic mass is 10.2. The summed E-state index contributed by atoms with van der Waals surface area (Å²) in [7, 11) is 1.57. The number of amides is 1. The van der Waals surface area contributed by atoms with Gasteiger partial charge in [-0.05, 0) is 0 Å². The first-order valence-corrected chi connectivity index (χ1v) is 2.83. The van der Waals surface area contributed by atoms with E-state index in [1.165, 1.54) is 0 Å². The molecular formula is C5H13N3O. The molecular weight excluding hydrogens is 118 g/mol. The first kappa shape index (κ1) is 8.39. The number of hydrogen-bond acceptors (Lipinski definition) is 3. The van der Waals surface area contributed by atoms with Crippen molar-refractivity contribution in [1.82, 2.24) is 10.5 Å². The van der Waals surface area contributed by atoms with Crippen molar-refractivity contribution in [1.29, 1.82) is 0 Å². The van der Waals surface area contributed by atoms with Gasteiger partial charge in [0.2, 0.25) is 5.91 Å². The molecule has 4 nitrogen and oxygen atoms in total. The molecule has 0 bridgehead atoms. The van der Waals surface area contributed by atoms with Gasteiger partial charge in [0.05, 0.1) is 0 Å². The molecule has 0 aromatic carbocycles. The van der Waals surface area contributed by atoms with Gasteiger partial charge in [-0.2, -0.15) is 5.12 Å². The number of rotatable bonds is 2. The average Bonchev–Trinajstić information content (AvgIpc) is 1.63. The van der Waals surface area contributed by atoms with Crippen molar-refractivity contribution in [3.63, 3.8) is 0 Å². The van der Waals surface area contributed by atoms with Crippen molar-refractivity contribution < 1.29 is 4.79 Å².